The molecule has 22 heavy (non-hydrogen) atoms. The highest BCUT2D eigenvalue weighted by molar-refractivity contribution is 7.80. The number of aryl methyl sites for hydroxylation is 1. The Bertz CT molecular complexity index is 719. The second-order valence-electron chi connectivity index (χ2n) is 4.62. The van der Waals surface area contributed by atoms with Crippen LogP contribution in [0.25, 0.3) is 0 Å². The number of esters is 1. The first-order valence-corrected chi connectivity index (χ1v) is 7.31. The lowest BCUT2D eigenvalue weighted by atomic mass is 10.2. The number of nitrogens with one attached hydrogen (secondary N) is 2. The number of benzene rings is 2. The Labute approximate surface area is 139 Å². The van der Waals surface area contributed by atoms with Gasteiger partial charge in [0.05, 0.1) is 12.7 Å². The number of rotatable bonds is 3. The Morgan fingerprint density at radius 2 is 1.82 bits per heavy atom. The summed E-state index contributed by atoms with van der Waals surface area (Å²) in [6, 6.07) is 12.5. The van der Waals surface area contributed by atoms with Crippen molar-refractivity contribution >= 4 is 46.3 Å². The third-order valence-corrected chi connectivity index (χ3v) is 3.58. The first-order chi connectivity index (χ1) is 10.5. The number of hydrogen-bond donors (Lipinski definition) is 2. The van der Waals surface area contributed by atoms with Crippen LogP contribution < -0.4 is 10.6 Å². The largest absolute Gasteiger partial charge is 0.465 e. The number of anilines is 2. The van der Waals surface area contributed by atoms with Gasteiger partial charge in [-0.25, -0.2) is 4.79 Å². The molecular weight excluding hydrogens is 320 g/mol. The number of carbonyl (C=O) groups is 1. The van der Waals surface area contributed by atoms with Crippen LogP contribution in [0.3, 0.4) is 0 Å². The maximum Gasteiger partial charge on any atom is 0.337 e. The highest BCUT2D eigenvalue weighted by Crippen LogP contribution is 2.20. The van der Waals surface area contributed by atoms with E-state index in [1.807, 2.05) is 25.1 Å². The molecule has 2 N–H and O–H groups in total. The molecule has 0 heterocycles. The van der Waals surface area contributed by atoms with Crippen molar-refractivity contribution in [1.82, 2.24) is 0 Å². The molecule has 2 rings (SSSR count). The number of ether oxygens (including phenoxy) is 1. The molecule has 0 aliphatic carbocycles. The molecule has 0 saturated carbocycles. The molecule has 0 aliphatic rings. The Morgan fingerprint density at radius 3 is 2.45 bits per heavy atom. The zero-order chi connectivity index (χ0) is 16.1. The predicted octanol–water partition coefficient (Wildman–Crippen LogP) is 4.24. The van der Waals surface area contributed by atoms with E-state index in [1.165, 1.54) is 7.11 Å². The van der Waals surface area contributed by atoms with Crippen LogP contribution in [-0.4, -0.2) is 18.2 Å². The lowest BCUT2D eigenvalue weighted by Crippen LogP contribution is -2.19. The van der Waals surface area contributed by atoms with Crippen LogP contribution in [0.5, 0.6) is 0 Å². The van der Waals surface area contributed by atoms with E-state index < -0.39 is 5.97 Å². The summed E-state index contributed by atoms with van der Waals surface area (Å²) < 4.78 is 4.69. The quantitative estimate of drug-likeness (QED) is 0.649. The maximum atomic E-state index is 11.5. The van der Waals surface area contributed by atoms with Gasteiger partial charge in [-0.05, 0) is 55.0 Å². The molecule has 0 bridgehead atoms. The molecule has 2 aromatic carbocycles. The van der Waals surface area contributed by atoms with Gasteiger partial charge in [0.15, 0.2) is 5.11 Å². The molecule has 0 unspecified atom stereocenters. The zero-order valence-electron chi connectivity index (χ0n) is 12.1. The number of hydrogen-bond acceptors (Lipinski definition) is 3. The van der Waals surface area contributed by atoms with Crippen LogP contribution in [0, 0.1) is 6.92 Å². The van der Waals surface area contributed by atoms with Crippen LogP contribution in [0.15, 0.2) is 42.5 Å². The van der Waals surface area contributed by atoms with Gasteiger partial charge >= 0.3 is 5.97 Å². The van der Waals surface area contributed by atoms with E-state index >= 15 is 0 Å². The summed E-state index contributed by atoms with van der Waals surface area (Å²) in [5.41, 5.74) is 2.93. The predicted molar refractivity (Wildman–Crippen MR) is 93.8 cm³/mol. The molecule has 6 heteroatoms. The van der Waals surface area contributed by atoms with Crippen LogP contribution in [0.2, 0.25) is 5.02 Å². The van der Waals surface area contributed by atoms with Crippen molar-refractivity contribution in [1.29, 1.82) is 0 Å². The van der Waals surface area contributed by atoms with Gasteiger partial charge in [0.2, 0.25) is 0 Å². The number of carbonyl (C=O) groups excluding carboxylic acids is 1. The molecule has 0 aliphatic heterocycles. The monoisotopic (exact) mass is 334 g/mol. The number of methoxy groups -OCH3 is 1. The summed E-state index contributed by atoms with van der Waals surface area (Å²) in [7, 11) is 1.34. The van der Waals surface area contributed by atoms with E-state index in [1.54, 1.807) is 24.3 Å². The molecule has 0 spiro atoms. The van der Waals surface area contributed by atoms with Crippen LogP contribution >= 0.6 is 23.8 Å². The lowest BCUT2D eigenvalue weighted by molar-refractivity contribution is 0.0601. The Hall–Kier alpha value is -2.11. The van der Waals surface area contributed by atoms with Gasteiger partial charge < -0.3 is 15.4 Å². The Balaban J connectivity index is 2.05. The van der Waals surface area contributed by atoms with E-state index in [9.17, 15) is 4.79 Å². The van der Waals surface area contributed by atoms with Crippen molar-refractivity contribution in [2.45, 2.75) is 6.92 Å². The smallest absolute Gasteiger partial charge is 0.337 e. The van der Waals surface area contributed by atoms with Crippen molar-refractivity contribution in [2.75, 3.05) is 17.7 Å². The molecule has 0 aromatic heterocycles. The van der Waals surface area contributed by atoms with Crippen molar-refractivity contribution in [3.63, 3.8) is 0 Å². The first-order valence-electron chi connectivity index (χ1n) is 6.52. The van der Waals surface area contributed by atoms with E-state index in [4.69, 9.17) is 23.8 Å². The number of thiocarbonyl (C=S) groups is 1. The van der Waals surface area contributed by atoms with Gasteiger partial charge in [0.25, 0.3) is 0 Å². The van der Waals surface area contributed by atoms with Gasteiger partial charge in [-0.2, -0.15) is 0 Å². The van der Waals surface area contributed by atoms with Gasteiger partial charge in [-0.3, -0.25) is 0 Å². The normalized spacial score (nSPS) is 9.95. The van der Waals surface area contributed by atoms with Crippen molar-refractivity contribution < 1.29 is 9.53 Å². The average molecular weight is 335 g/mol. The van der Waals surface area contributed by atoms with E-state index in [0.717, 1.165) is 11.3 Å². The van der Waals surface area contributed by atoms with Crippen LogP contribution in [-0.2, 0) is 4.74 Å². The third-order valence-electron chi connectivity index (χ3n) is 2.97. The summed E-state index contributed by atoms with van der Waals surface area (Å²) in [6.45, 7) is 1.93. The van der Waals surface area contributed by atoms with E-state index in [0.29, 0.717) is 21.4 Å². The molecule has 4 nitrogen and oxygen atoms in total. The van der Waals surface area contributed by atoms with Crippen LogP contribution in [0.1, 0.15) is 15.9 Å². The minimum atomic E-state index is -0.396. The molecule has 114 valence electrons. The van der Waals surface area contributed by atoms with Gasteiger partial charge in [0, 0.05) is 16.4 Å². The summed E-state index contributed by atoms with van der Waals surface area (Å²) in [5, 5.41) is 7.13. The molecule has 0 amide bonds. The fourth-order valence-electron chi connectivity index (χ4n) is 1.81. The molecule has 2 aromatic rings. The van der Waals surface area contributed by atoms with Crippen LogP contribution in [0.4, 0.5) is 11.4 Å². The van der Waals surface area contributed by atoms with Gasteiger partial charge in [-0.1, -0.05) is 23.7 Å². The summed E-state index contributed by atoms with van der Waals surface area (Å²) in [5.74, 6) is -0.396. The highest BCUT2D eigenvalue weighted by Gasteiger charge is 2.07. The fourth-order valence-corrected chi connectivity index (χ4v) is 2.22. The second kappa shape index (κ2) is 7.24. The zero-order valence-corrected chi connectivity index (χ0v) is 13.7. The topological polar surface area (TPSA) is 50.4 Å². The molecule has 0 radical (unpaired) electrons. The minimum absolute atomic E-state index is 0.396. The van der Waals surface area contributed by atoms with Crippen molar-refractivity contribution in [3.05, 3.63) is 58.6 Å². The maximum absolute atomic E-state index is 11.5. The standard InChI is InChI=1S/C16H15ClN2O2S/c1-10-6-7-13(9-14(10)17)19-16(22)18-12-5-3-4-11(8-12)15(20)21-2/h3-9H,1-2H3,(H2,18,19,22). The summed E-state index contributed by atoms with van der Waals surface area (Å²) in [4.78, 5) is 11.5. The van der Waals surface area contributed by atoms with Crippen molar-refractivity contribution in [3.8, 4) is 0 Å². The fraction of sp³-hybridized carbons (Fsp3) is 0.125. The third kappa shape index (κ3) is 4.19. The summed E-state index contributed by atoms with van der Waals surface area (Å²) in [6.07, 6.45) is 0. The second-order valence-corrected chi connectivity index (χ2v) is 5.43. The van der Waals surface area contributed by atoms with E-state index in [-0.39, 0.29) is 0 Å². The number of halogens is 1. The Morgan fingerprint density at radius 1 is 1.14 bits per heavy atom. The molecule has 0 saturated heterocycles. The van der Waals surface area contributed by atoms with E-state index in [2.05, 4.69) is 15.4 Å². The molecule has 0 fully saturated rings. The molecule has 0 atom stereocenters. The molecular formula is C16H15ClN2O2S. The minimum Gasteiger partial charge on any atom is -0.465 e. The Kier molecular flexibility index (Phi) is 5.35. The highest BCUT2D eigenvalue weighted by atomic mass is 35.5. The lowest BCUT2D eigenvalue weighted by Gasteiger charge is -2.12. The van der Waals surface area contributed by atoms with Crippen molar-refractivity contribution in [2.24, 2.45) is 0 Å². The summed E-state index contributed by atoms with van der Waals surface area (Å²) >= 11 is 11.3. The first kappa shape index (κ1) is 16.3. The average Bonchev–Trinajstić information content (AvgIpc) is 2.50. The van der Waals surface area contributed by atoms with Gasteiger partial charge in [0.1, 0.15) is 0 Å². The van der Waals surface area contributed by atoms with Gasteiger partial charge in [-0.15, -0.1) is 0 Å². The SMILES string of the molecule is COC(=O)c1cccc(NC(=S)Nc2ccc(C)c(Cl)c2)c1.